The zero-order valence-corrected chi connectivity index (χ0v) is 13.0. The average molecular weight is 330 g/mol. The van der Waals surface area contributed by atoms with Crippen LogP contribution in [0.15, 0.2) is 48.5 Å². The SMILES string of the molecule is COc1ccc(N(C=S)NC(=O)c2ccccc2)c(C(=O)O)c1. The van der Waals surface area contributed by atoms with Crippen LogP contribution in [0.4, 0.5) is 5.69 Å². The fourth-order valence-electron chi connectivity index (χ4n) is 1.93. The van der Waals surface area contributed by atoms with Gasteiger partial charge >= 0.3 is 5.97 Å². The maximum Gasteiger partial charge on any atom is 0.338 e. The molecule has 1 amide bonds. The third-order valence-corrected chi connectivity index (χ3v) is 3.27. The molecular weight excluding hydrogens is 316 g/mol. The largest absolute Gasteiger partial charge is 0.497 e. The van der Waals surface area contributed by atoms with Crippen molar-refractivity contribution in [2.24, 2.45) is 0 Å². The van der Waals surface area contributed by atoms with Crippen molar-refractivity contribution >= 4 is 35.3 Å². The first-order chi connectivity index (χ1) is 11.1. The molecule has 2 aromatic rings. The first-order valence-electron chi connectivity index (χ1n) is 6.58. The molecule has 2 aromatic carbocycles. The summed E-state index contributed by atoms with van der Waals surface area (Å²) in [5.41, 5.74) is 4.35. The molecule has 0 fully saturated rings. The summed E-state index contributed by atoms with van der Waals surface area (Å²) in [5.74, 6) is -1.17. The second-order valence-corrected chi connectivity index (χ2v) is 4.68. The second-order valence-electron chi connectivity index (χ2n) is 4.47. The number of ether oxygens (including phenoxy) is 1. The van der Waals surface area contributed by atoms with E-state index in [1.54, 1.807) is 36.4 Å². The van der Waals surface area contributed by atoms with Crippen LogP contribution in [0, 0.1) is 0 Å². The van der Waals surface area contributed by atoms with E-state index in [2.05, 4.69) is 5.43 Å². The van der Waals surface area contributed by atoms with E-state index in [-0.39, 0.29) is 11.3 Å². The van der Waals surface area contributed by atoms with Gasteiger partial charge < -0.3 is 9.84 Å². The molecule has 0 saturated carbocycles. The number of hydrogen-bond donors (Lipinski definition) is 2. The van der Waals surface area contributed by atoms with Crippen molar-refractivity contribution in [2.45, 2.75) is 0 Å². The molecule has 0 heterocycles. The fourth-order valence-corrected chi connectivity index (χ4v) is 2.10. The molecule has 0 atom stereocenters. The lowest BCUT2D eigenvalue weighted by atomic mass is 10.1. The predicted octanol–water partition coefficient (Wildman–Crippen LogP) is 2.50. The Labute approximate surface area is 138 Å². The number of thiocarbonyl (C=S) groups is 1. The molecule has 7 heteroatoms. The van der Waals surface area contributed by atoms with Crippen LogP contribution in [-0.4, -0.2) is 29.6 Å². The molecule has 0 saturated heterocycles. The predicted molar refractivity (Wildman–Crippen MR) is 90.0 cm³/mol. The highest BCUT2D eigenvalue weighted by Crippen LogP contribution is 2.24. The lowest BCUT2D eigenvalue weighted by Gasteiger charge is -2.22. The van der Waals surface area contributed by atoms with Crippen molar-refractivity contribution in [3.8, 4) is 5.75 Å². The van der Waals surface area contributed by atoms with Crippen molar-refractivity contribution in [3.05, 3.63) is 59.7 Å². The van der Waals surface area contributed by atoms with Crippen LogP contribution in [0.25, 0.3) is 0 Å². The summed E-state index contributed by atoms with van der Waals surface area (Å²) in [4.78, 5) is 23.6. The zero-order valence-electron chi connectivity index (χ0n) is 12.2. The van der Waals surface area contributed by atoms with E-state index in [4.69, 9.17) is 17.0 Å². The summed E-state index contributed by atoms with van der Waals surface area (Å²) in [6.45, 7) is 0. The molecule has 0 radical (unpaired) electrons. The van der Waals surface area contributed by atoms with E-state index >= 15 is 0 Å². The van der Waals surface area contributed by atoms with Crippen molar-refractivity contribution in [1.82, 2.24) is 5.43 Å². The molecule has 6 nitrogen and oxygen atoms in total. The Morgan fingerprint density at radius 3 is 2.48 bits per heavy atom. The van der Waals surface area contributed by atoms with E-state index in [9.17, 15) is 14.7 Å². The standard InChI is InChI=1S/C16H14N2O4S/c1-22-12-7-8-14(13(9-12)16(20)21)18(10-23)17-15(19)11-5-3-2-4-6-11/h2-10H,1H3,(H,17,19)(H,20,21). The normalized spacial score (nSPS) is 9.78. The summed E-state index contributed by atoms with van der Waals surface area (Å²) < 4.78 is 5.02. The van der Waals surface area contributed by atoms with Gasteiger partial charge in [0.25, 0.3) is 5.91 Å². The number of carbonyl (C=O) groups is 2. The smallest absolute Gasteiger partial charge is 0.338 e. The van der Waals surface area contributed by atoms with Gasteiger partial charge in [-0.3, -0.25) is 10.2 Å². The van der Waals surface area contributed by atoms with E-state index in [0.29, 0.717) is 11.3 Å². The number of hydrazine groups is 1. The van der Waals surface area contributed by atoms with Gasteiger partial charge in [0.15, 0.2) is 0 Å². The molecule has 0 aliphatic heterocycles. The van der Waals surface area contributed by atoms with Crippen LogP contribution in [0.5, 0.6) is 5.75 Å². The Hall–Kier alpha value is -2.93. The average Bonchev–Trinajstić information content (AvgIpc) is 2.59. The van der Waals surface area contributed by atoms with Gasteiger partial charge in [0.1, 0.15) is 5.75 Å². The van der Waals surface area contributed by atoms with Gasteiger partial charge in [-0.15, -0.1) is 0 Å². The Morgan fingerprint density at radius 1 is 1.22 bits per heavy atom. The highest BCUT2D eigenvalue weighted by Gasteiger charge is 2.18. The molecule has 0 bridgehead atoms. The van der Waals surface area contributed by atoms with Crippen LogP contribution in [0.1, 0.15) is 20.7 Å². The number of nitrogens with zero attached hydrogens (tertiary/aromatic N) is 1. The monoisotopic (exact) mass is 330 g/mol. The Bertz CT molecular complexity index is 734. The highest BCUT2D eigenvalue weighted by atomic mass is 32.1. The number of hydrogen-bond acceptors (Lipinski definition) is 4. The van der Waals surface area contributed by atoms with Gasteiger partial charge in [0, 0.05) is 5.56 Å². The van der Waals surface area contributed by atoms with Gasteiger partial charge in [0.05, 0.1) is 23.9 Å². The van der Waals surface area contributed by atoms with E-state index in [1.165, 1.54) is 24.3 Å². The number of aromatic carboxylic acids is 1. The minimum atomic E-state index is -1.16. The molecule has 0 aliphatic rings. The Morgan fingerprint density at radius 2 is 1.91 bits per heavy atom. The Kier molecular flexibility index (Phi) is 5.27. The molecule has 0 aromatic heterocycles. The summed E-state index contributed by atoms with van der Waals surface area (Å²) >= 11 is 4.89. The molecule has 23 heavy (non-hydrogen) atoms. The number of carbonyl (C=O) groups excluding carboxylic acids is 1. The molecule has 2 rings (SSSR count). The minimum absolute atomic E-state index is 0.0428. The maximum absolute atomic E-state index is 12.2. The summed E-state index contributed by atoms with van der Waals surface area (Å²) in [7, 11) is 1.44. The zero-order chi connectivity index (χ0) is 16.8. The van der Waals surface area contributed by atoms with E-state index in [1.807, 2.05) is 0 Å². The lowest BCUT2D eigenvalue weighted by Crippen LogP contribution is -2.41. The number of nitrogens with one attached hydrogen (secondary N) is 1. The van der Waals surface area contributed by atoms with Gasteiger partial charge in [-0.05, 0) is 30.3 Å². The van der Waals surface area contributed by atoms with Gasteiger partial charge in [0.2, 0.25) is 0 Å². The molecule has 118 valence electrons. The quantitative estimate of drug-likeness (QED) is 0.626. The number of amides is 1. The van der Waals surface area contributed by atoms with Gasteiger partial charge in [-0.2, -0.15) is 0 Å². The van der Waals surface area contributed by atoms with Crippen LogP contribution in [0.2, 0.25) is 0 Å². The first kappa shape index (κ1) is 16.4. The van der Waals surface area contributed by atoms with Crippen LogP contribution in [0.3, 0.4) is 0 Å². The van der Waals surface area contributed by atoms with Gasteiger partial charge in [-0.25, -0.2) is 9.80 Å². The first-order valence-corrected chi connectivity index (χ1v) is 7.06. The number of carboxylic acid groups (broad SMARTS) is 1. The molecule has 0 spiro atoms. The summed E-state index contributed by atoms with van der Waals surface area (Å²) in [5, 5.41) is 10.5. The number of benzene rings is 2. The second kappa shape index (κ2) is 7.37. The van der Waals surface area contributed by atoms with Crippen molar-refractivity contribution < 1.29 is 19.4 Å². The van der Waals surface area contributed by atoms with Crippen LogP contribution in [-0.2, 0) is 0 Å². The third kappa shape index (κ3) is 3.83. The molecule has 0 unspecified atom stereocenters. The van der Waals surface area contributed by atoms with Crippen LogP contribution < -0.4 is 15.2 Å². The number of methoxy groups -OCH3 is 1. The minimum Gasteiger partial charge on any atom is -0.497 e. The van der Waals surface area contributed by atoms with Gasteiger partial charge in [-0.1, -0.05) is 30.4 Å². The number of carboxylic acids is 1. The number of anilines is 1. The summed E-state index contributed by atoms with van der Waals surface area (Å²) in [6.07, 6.45) is 0. The fraction of sp³-hybridized carbons (Fsp3) is 0.0625. The highest BCUT2D eigenvalue weighted by molar-refractivity contribution is 7.79. The van der Waals surface area contributed by atoms with E-state index in [0.717, 1.165) is 5.49 Å². The maximum atomic E-state index is 12.2. The van der Waals surface area contributed by atoms with Crippen molar-refractivity contribution in [3.63, 3.8) is 0 Å². The molecular formula is C16H14N2O4S. The third-order valence-electron chi connectivity index (χ3n) is 3.06. The topological polar surface area (TPSA) is 78.9 Å². The Balaban J connectivity index is 2.32. The lowest BCUT2D eigenvalue weighted by molar-refractivity contribution is 0.0696. The van der Waals surface area contributed by atoms with Crippen molar-refractivity contribution in [2.75, 3.05) is 12.1 Å². The summed E-state index contributed by atoms with van der Waals surface area (Å²) in [6, 6.07) is 13.0. The molecule has 0 aliphatic carbocycles. The molecule has 2 N–H and O–H groups in total. The van der Waals surface area contributed by atoms with Crippen molar-refractivity contribution in [1.29, 1.82) is 0 Å². The number of rotatable bonds is 6. The van der Waals surface area contributed by atoms with Crippen LogP contribution >= 0.6 is 12.2 Å². The van der Waals surface area contributed by atoms with E-state index < -0.39 is 11.9 Å².